The predicted octanol–water partition coefficient (Wildman–Crippen LogP) is 3.28. The van der Waals surface area contributed by atoms with Crippen LogP contribution in [0, 0.1) is 0 Å². The molecule has 0 radical (unpaired) electrons. The Morgan fingerprint density at radius 2 is 2.17 bits per heavy atom. The highest BCUT2D eigenvalue weighted by Crippen LogP contribution is 2.15. The predicted molar refractivity (Wildman–Crippen MR) is 74.3 cm³/mol. The molecule has 0 bridgehead atoms. The Hall–Kier alpha value is -2.16. The summed E-state index contributed by atoms with van der Waals surface area (Å²) in [6, 6.07) is 6.01. The molecule has 2 rings (SSSR count). The zero-order valence-electron chi connectivity index (χ0n) is 10.6. The maximum Gasteiger partial charge on any atom is 0.162 e. The lowest BCUT2D eigenvalue weighted by Crippen LogP contribution is -1.99. The van der Waals surface area contributed by atoms with Gasteiger partial charge in [0.1, 0.15) is 5.82 Å². The molecule has 0 aliphatic rings. The zero-order chi connectivity index (χ0) is 13.0. The Labute approximate surface area is 106 Å². The van der Waals surface area contributed by atoms with Crippen molar-refractivity contribution in [3.05, 3.63) is 47.8 Å². The monoisotopic (exact) mass is 240 g/mol. The Balaban J connectivity index is 2.29. The first-order chi connectivity index (χ1) is 8.72. The highest BCUT2D eigenvalue weighted by molar-refractivity contribution is 5.91. The van der Waals surface area contributed by atoms with Gasteiger partial charge in [0.2, 0.25) is 0 Å². The van der Waals surface area contributed by atoms with E-state index < -0.39 is 0 Å². The molecule has 1 aromatic heterocycles. The number of hydrogen-bond acceptors (Lipinski definition) is 2. The number of ketones is 1. The SMILES string of the molecule is CC=CC(=O)Cc1nc2ccc(C=CC)cc2[nH]1. The van der Waals surface area contributed by atoms with Crippen LogP contribution in [0.15, 0.2) is 36.4 Å². The largest absolute Gasteiger partial charge is 0.342 e. The summed E-state index contributed by atoms with van der Waals surface area (Å²) in [7, 11) is 0. The number of aromatic amines is 1. The van der Waals surface area contributed by atoms with Gasteiger partial charge in [0.15, 0.2) is 5.78 Å². The second kappa shape index (κ2) is 5.45. The number of aromatic nitrogens is 2. The van der Waals surface area contributed by atoms with E-state index in [4.69, 9.17) is 0 Å². The van der Waals surface area contributed by atoms with Crippen molar-refractivity contribution < 1.29 is 4.79 Å². The molecule has 3 nitrogen and oxygen atoms in total. The lowest BCUT2D eigenvalue weighted by atomic mass is 10.2. The van der Waals surface area contributed by atoms with Crippen molar-refractivity contribution in [2.24, 2.45) is 0 Å². The van der Waals surface area contributed by atoms with Crippen LogP contribution in [-0.2, 0) is 11.2 Å². The molecule has 18 heavy (non-hydrogen) atoms. The second-order valence-electron chi connectivity index (χ2n) is 4.10. The van der Waals surface area contributed by atoms with Crippen molar-refractivity contribution in [1.82, 2.24) is 9.97 Å². The Bertz CT molecular complexity index is 620. The lowest BCUT2D eigenvalue weighted by molar-refractivity contribution is -0.114. The molecule has 0 fully saturated rings. The topological polar surface area (TPSA) is 45.8 Å². The number of nitrogens with one attached hydrogen (secondary N) is 1. The normalized spacial score (nSPS) is 11.9. The van der Waals surface area contributed by atoms with E-state index in [1.54, 1.807) is 12.2 Å². The van der Waals surface area contributed by atoms with Gasteiger partial charge in [-0.05, 0) is 37.6 Å². The summed E-state index contributed by atoms with van der Waals surface area (Å²) in [5, 5.41) is 0. The molecule has 0 spiro atoms. The molecule has 1 aromatic carbocycles. The maximum atomic E-state index is 11.5. The molecular weight excluding hydrogens is 224 g/mol. The van der Waals surface area contributed by atoms with Gasteiger partial charge < -0.3 is 4.98 Å². The molecule has 2 aromatic rings. The quantitative estimate of drug-likeness (QED) is 0.833. The van der Waals surface area contributed by atoms with E-state index in [0.29, 0.717) is 12.2 Å². The highest BCUT2D eigenvalue weighted by Gasteiger charge is 2.06. The summed E-state index contributed by atoms with van der Waals surface area (Å²) in [6.07, 6.45) is 7.66. The Kier molecular flexibility index (Phi) is 3.72. The molecule has 1 N–H and O–H groups in total. The highest BCUT2D eigenvalue weighted by atomic mass is 16.1. The zero-order valence-corrected chi connectivity index (χ0v) is 10.6. The van der Waals surface area contributed by atoms with Gasteiger partial charge in [-0.3, -0.25) is 4.79 Å². The van der Waals surface area contributed by atoms with Crippen molar-refractivity contribution in [3.8, 4) is 0 Å². The summed E-state index contributed by atoms with van der Waals surface area (Å²) in [5.41, 5.74) is 2.99. The van der Waals surface area contributed by atoms with Gasteiger partial charge in [0, 0.05) is 0 Å². The number of hydrogen-bond donors (Lipinski definition) is 1. The molecule has 0 aliphatic heterocycles. The van der Waals surface area contributed by atoms with E-state index in [9.17, 15) is 4.79 Å². The summed E-state index contributed by atoms with van der Waals surface area (Å²) in [4.78, 5) is 19.1. The van der Waals surface area contributed by atoms with E-state index in [0.717, 1.165) is 16.6 Å². The van der Waals surface area contributed by atoms with Gasteiger partial charge in [-0.25, -0.2) is 4.98 Å². The van der Waals surface area contributed by atoms with Crippen LogP contribution >= 0.6 is 0 Å². The van der Waals surface area contributed by atoms with Crippen LogP contribution in [0.3, 0.4) is 0 Å². The number of imidazole rings is 1. The number of carbonyl (C=O) groups excluding carboxylic acids is 1. The van der Waals surface area contributed by atoms with Crippen LogP contribution in [0.5, 0.6) is 0 Å². The number of rotatable bonds is 4. The minimum Gasteiger partial charge on any atom is -0.342 e. The first kappa shape index (κ1) is 12.3. The molecule has 3 heteroatoms. The fourth-order valence-corrected chi connectivity index (χ4v) is 1.87. The number of benzene rings is 1. The summed E-state index contributed by atoms with van der Waals surface area (Å²) in [5.74, 6) is 0.774. The van der Waals surface area contributed by atoms with Crippen LogP contribution in [0.2, 0.25) is 0 Å². The third kappa shape index (κ3) is 2.74. The maximum absolute atomic E-state index is 11.5. The molecule has 0 saturated carbocycles. The molecule has 92 valence electrons. The van der Waals surface area contributed by atoms with Crippen LogP contribution < -0.4 is 0 Å². The van der Waals surface area contributed by atoms with Gasteiger partial charge in [0.25, 0.3) is 0 Å². The lowest BCUT2D eigenvalue weighted by Gasteiger charge is -1.92. The summed E-state index contributed by atoms with van der Waals surface area (Å²) >= 11 is 0. The van der Waals surface area contributed by atoms with Crippen molar-refractivity contribution in [3.63, 3.8) is 0 Å². The van der Waals surface area contributed by atoms with Gasteiger partial charge in [0.05, 0.1) is 17.5 Å². The number of H-pyrrole nitrogens is 1. The van der Waals surface area contributed by atoms with E-state index in [1.165, 1.54) is 0 Å². The molecule has 0 aliphatic carbocycles. The first-order valence-corrected chi connectivity index (χ1v) is 6.00. The third-order valence-corrected chi connectivity index (χ3v) is 2.61. The Morgan fingerprint density at radius 1 is 1.33 bits per heavy atom. The smallest absolute Gasteiger partial charge is 0.162 e. The van der Waals surface area contributed by atoms with E-state index in [1.807, 2.05) is 44.2 Å². The van der Waals surface area contributed by atoms with Crippen LogP contribution in [0.4, 0.5) is 0 Å². The van der Waals surface area contributed by atoms with Crippen molar-refractivity contribution in [2.75, 3.05) is 0 Å². The van der Waals surface area contributed by atoms with Gasteiger partial charge >= 0.3 is 0 Å². The number of fused-ring (bicyclic) bond motifs is 1. The molecule has 0 saturated heterocycles. The van der Waals surface area contributed by atoms with Gasteiger partial charge in [-0.2, -0.15) is 0 Å². The standard InChI is InChI=1S/C15H16N2O/c1-3-5-11-7-8-13-14(9-11)17-15(16-13)10-12(18)6-4-2/h3-9H,10H2,1-2H3,(H,16,17). The average molecular weight is 240 g/mol. The molecular formula is C15H16N2O. The van der Waals surface area contributed by atoms with Crippen LogP contribution in [-0.4, -0.2) is 15.8 Å². The summed E-state index contributed by atoms with van der Waals surface area (Å²) < 4.78 is 0. The average Bonchev–Trinajstić information content (AvgIpc) is 2.71. The van der Waals surface area contributed by atoms with Crippen LogP contribution in [0.1, 0.15) is 25.2 Å². The molecule has 1 heterocycles. The van der Waals surface area contributed by atoms with Gasteiger partial charge in [-0.1, -0.05) is 24.3 Å². The molecule has 0 unspecified atom stereocenters. The van der Waals surface area contributed by atoms with E-state index >= 15 is 0 Å². The minimum absolute atomic E-state index is 0.0604. The number of nitrogens with zero attached hydrogens (tertiary/aromatic N) is 1. The molecule has 0 atom stereocenters. The number of allylic oxidation sites excluding steroid dienone is 3. The van der Waals surface area contributed by atoms with E-state index in [2.05, 4.69) is 9.97 Å². The second-order valence-corrected chi connectivity index (χ2v) is 4.10. The minimum atomic E-state index is 0.0604. The van der Waals surface area contributed by atoms with Crippen molar-refractivity contribution >= 4 is 22.9 Å². The molecule has 0 amide bonds. The van der Waals surface area contributed by atoms with Crippen LogP contribution in [0.25, 0.3) is 17.1 Å². The van der Waals surface area contributed by atoms with Crippen molar-refractivity contribution in [1.29, 1.82) is 0 Å². The van der Waals surface area contributed by atoms with Gasteiger partial charge in [-0.15, -0.1) is 0 Å². The fourth-order valence-electron chi connectivity index (χ4n) is 1.87. The Morgan fingerprint density at radius 3 is 2.89 bits per heavy atom. The van der Waals surface area contributed by atoms with E-state index in [-0.39, 0.29) is 5.78 Å². The number of carbonyl (C=O) groups is 1. The summed E-state index contributed by atoms with van der Waals surface area (Å²) in [6.45, 7) is 3.82. The third-order valence-electron chi connectivity index (χ3n) is 2.61. The first-order valence-electron chi connectivity index (χ1n) is 6.00. The van der Waals surface area contributed by atoms with Crippen molar-refractivity contribution in [2.45, 2.75) is 20.3 Å². The fraction of sp³-hybridized carbons (Fsp3) is 0.200.